The average Bonchev–Trinajstić information content (AvgIpc) is 3.42. The normalized spacial score (nSPS) is 19.3. The SMILES string of the molecule is CC(C)NCC1CCN(c2c(F)c(F)c3c(=O)c(C(=O)O)cn(C4CC4)c3c2F)C1. The second kappa shape index (κ2) is 7.61. The van der Waals surface area contributed by atoms with Crippen LogP contribution >= 0.6 is 0 Å². The Morgan fingerprint density at radius 2 is 1.90 bits per heavy atom. The molecule has 0 radical (unpaired) electrons. The van der Waals surface area contributed by atoms with Crippen molar-refractivity contribution < 1.29 is 23.1 Å². The van der Waals surface area contributed by atoms with E-state index in [0.717, 1.165) is 6.20 Å². The Labute approximate surface area is 171 Å². The maximum absolute atomic E-state index is 15.6. The third-order valence-electron chi connectivity index (χ3n) is 5.86. The summed E-state index contributed by atoms with van der Waals surface area (Å²) < 4.78 is 46.9. The quantitative estimate of drug-likeness (QED) is 0.698. The van der Waals surface area contributed by atoms with Crippen molar-refractivity contribution in [2.24, 2.45) is 5.92 Å². The number of carboxylic acids is 1. The summed E-state index contributed by atoms with van der Waals surface area (Å²) in [5, 5.41) is 11.8. The van der Waals surface area contributed by atoms with Crippen molar-refractivity contribution >= 4 is 22.6 Å². The fraction of sp³-hybridized carbons (Fsp3) is 0.524. The summed E-state index contributed by atoms with van der Waals surface area (Å²) in [6.45, 7) is 5.42. The van der Waals surface area contributed by atoms with Crippen molar-refractivity contribution in [3.05, 3.63) is 39.4 Å². The lowest BCUT2D eigenvalue weighted by Gasteiger charge is -2.23. The molecular formula is C21H24F3N3O3. The molecule has 1 aliphatic carbocycles. The van der Waals surface area contributed by atoms with Crippen LogP contribution in [0.15, 0.2) is 11.0 Å². The zero-order valence-corrected chi connectivity index (χ0v) is 16.8. The highest BCUT2D eigenvalue weighted by molar-refractivity contribution is 5.94. The largest absolute Gasteiger partial charge is 0.477 e. The molecule has 1 aliphatic heterocycles. The molecule has 2 aromatic rings. The van der Waals surface area contributed by atoms with Crippen LogP contribution in [0.2, 0.25) is 0 Å². The van der Waals surface area contributed by atoms with Gasteiger partial charge in [-0.3, -0.25) is 4.79 Å². The van der Waals surface area contributed by atoms with E-state index in [1.807, 2.05) is 13.8 Å². The van der Waals surface area contributed by atoms with E-state index >= 15 is 8.78 Å². The van der Waals surface area contributed by atoms with Crippen LogP contribution in [0.5, 0.6) is 0 Å². The lowest BCUT2D eigenvalue weighted by atomic mass is 10.1. The minimum Gasteiger partial charge on any atom is -0.477 e. The molecule has 1 unspecified atom stereocenters. The lowest BCUT2D eigenvalue weighted by molar-refractivity contribution is 0.0694. The van der Waals surface area contributed by atoms with Crippen molar-refractivity contribution in [3.63, 3.8) is 0 Å². The summed E-state index contributed by atoms with van der Waals surface area (Å²) in [7, 11) is 0. The molecule has 9 heteroatoms. The molecule has 162 valence electrons. The van der Waals surface area contributed by atoms with Crippen molar-refractivity contribution in [3.8, 4) is 0 Å². The Bertz CT molecular complexity index is 1080. The maximum Gasteiger partial charge on any atom is 0.341 e. The van der Waals surface area contributed by atoms with E-state index in [1.165, 1.54) is 9.47 Å². The van der Waals surface area contributed by atoms with Crippen molar-refractivity contribution in [2.45, 2.75) is 45.2 Å². The van der Waals surface area contributed by atoms with E-state index < -0.39 is 45.5 Å². The molecule has 2 aliphatic rings. The third-order valence-corrected chi connectivity index (χ3v) is 5.86. The zero-order chi connectivity index (χ0) is 21.7. The molecule has 2 fully saturated rings. The molecule has 0 bridgehead atoms. The summed E-state index contributed by atoms with van der Waals surface area (Å²) in [5.74, 6) is -5.35. The van der Waals surface area contributed by atoms with Gasteiger partial charge in [-0.15, -0.1) is 0 Å². The molecule has 6 nitrogen and oxygen atoms in total. The predicted octanol–water partition coefficient (Wildman–Crippen LogP) is 3.28. The van der Waals surface area contributed by atoms with Crippen LogP contribution in [0.1, 0.15) is 49.5 Å². The molecule has 1 atom stereocenters. The van der Waals surface area contributed by atoms with Crippen LogP contribution < -0.4 is 15.6 Å². The Morgan fingerprint density at radius 1 is 1.20 bits per heavy atom. The van der Waals surface area contributed by atoms with Gasteiger partial charge in [0, 0.05) is 31.4 Å². The topological polar surface area (TPSA) is 74.6 Å². The third kappa shape index (κ3) is 3.45. The van der Waals surface area contributed by atoms with E-state index in [2.05, 4.69) is 5.32 Å². The fourth-order valence-electron chi connectivity index (χ4n) is 4.16. The second-order valence-electron chi connectivity index (χ2n) is 8.49. The molecule has 1 aromatic heterocycles. The van der Waals surface area contributed by atoms with Gasteiger partial charge in [0.25, 0.3) is 0 Å². The van der Waals surface area contributed by atoms with Gasteiger partial charge in [0.05, 0.1) is 10.9 Å². The average molecular weight is 423 g/mol. The summed E-state index contributed by atoms with van der Waals surface area (Å²) in [6, 6.07) is 0.0435. The molecule has 1 saturated carbocycles. The Balaban J connectivity index is 1.85. The molecule has 30 heavy (non-hydrogen) atoms. The van der Waals surface area contributed by atoms with Gasteiger partial charge in [0.1, 0.15) is 11.3 Å². The van der Waals surface area contributed by atoms with Crippen LogP contribution in [0, 0.1) is 23.4 Å². The zero-order valence-electron chi connectivity index (χ0n) is 16.8. The number of rotatable bonds is 6. The molecule has 2 heterocycles. The highest BCUT2D eigenvalue weighted by Crippen LogP contribution is 2.41. The number of anilines is 1. The number of aromatic nitrogens is 1. The molecule has 0 spiro atoms. The molecule has 2 N–H and O–H groups in total. The Hall–Kier alpha value is -2.55. The molecule has 0 amide bonds. The summed E-state index contributed by atoms with van der Waals surface area (Å²) in [6.07, 6.45) is 3.05. The standard InChI is InChI=1S/C21H24F3N3O3/c1-10(2)25-7-11-5-6-26(8-11)19-16(23)15(22)14-18(17(19)24)27(12-3-4-12)9-13(20(14)28)21(29)30/h9-12,25H,3-8H2,1-2H3,(H,29,30). The maximum atomic E-state index is 15.6. The Kier molecular flexibility index (Phi) is 5.25. The van der Waals surface area contributed by atoms with Gasteiger partial charge < -0.3 is 19.9 Å². The summed E-state index contributed by atoms with van der Waals surface area (Å²) >= 11 is 0. The van der Waals surface area contributed by atoms with Crippen molar-refractivity contribution in [1.29, 1.82) is 0 Å². The fourth-order valence-corrected chi connectivity index (χ4v) is 4.16. The Morgan fingerprint density at radius 3 is 2.50 bits per heavy atom. The second-order valence-corrected chi connectivity index (χ2v) is 8.49. The molecule has 1 saturated heterocycles. The number of benzene rings is 1. The van der Waals surface area contributed by atoms with E-state index in [1.54, 1.807) is 0 Å². The number of carboxylic acid groups (broad SMARTS) is 1. The first-order chi connectivity index (χ1) is 14.2. The summed E-state index contributed by atoms with van der Waals surface area (Å²) in [4.78, 5) is 25.4. The summed E-state index contributed by atoms with van der Waals surface area (Å²) in [5.41, 5.74) is -2.74. The van der Waals surface area contributed by atoms with E-state index in [9.17, 15) is 19.1 Å². The van der Waals surface area contributed by atoms with Gasteiger partial charge in [-0.1, -0.05) is 13.8 Å². The highest BCUT2D eigenvalue weighted by atomic mass is 19.2. The van der Waals surface area contributed by atoms with Crippen LogP contribution in [0.4, 0.5) is 18.9 Å². The van der Waals surface area contributed by atoms with Gasteiger partial charge in [-0.2, -0.15) is 0 Å². The van der Waals surface area contributed by atoms with Crippen LogP contribution in [0.3, 0.4) is 0 Å². The van der Waals surface area contributed by atoms with Crippen LogP contribution in [0.25, 0.3) is 10.9 Å². The number of nitrogens with one attached hydrogen (secondary N) is 1. The minimum atomic E-state index is -1.55. The van der Waals surface area contributed by atoms with E-state index in [-0.39, 0.29) is 23.5 Å². The van der Waals surface area contributed by atoms with Gasteiger partial charge in [0.15, 0.2) is 17.5 Å². The van der Waals surface area contributed by atoms with Gasteiger partial charge in [0.2, 0.25) is 5.43 Å². The number of hydrogen-bond acceptors (Lipinski definition) is 4. The smallest absolute Gasteiger partial charge is 0.341 e. The van der Waals surface area contributed by atoms with E-state index in [0.29, 0.717) is 38.9 Å². The van der Waals surface area contributed by atoms with Gasteiger partial charge in [-0.05, 0) is 31.7 Å². The van der Waals surface area contributed by atoms with Gasteiger partial charge in [-0.25, -0.2) is 18.0 Å². The molecule has 1 aromatic carbocycles. The lowest BCUT2D eigenvalue weighted by Crippen LogP contribution is -2.31. The minimum absolute atomic E-state index is 0.157. The van der Waals surface area contributed by atoms with Crippen LogP contribution in [-0.2, 0) is 0 Å². The number of halogens is 3. The van der Waals surface area contributed by atoms with Gasteiger partial charge >= 0.3 is 5.97 Å². The first kappa shape index (κ1) is 20.7. The highest BCUT2D eigenvalue weighted by Gasteiger charge is 2.35. The number of pyridine rings is 1. The number of hydrogen-bond donors (Lipinski definition) is 2. The number of fused-ring (bicyclic) bond motifs is 1. The number of aromatic carboxylic acids is 1. The van der Waals surface area contributed by atoms with Crippen molar-refractivity contribution in [1.82, 2.24) is 9.88 Å². The molecular weight excluding hydrogens is 399 g/mol. The number of nitrogens with zero attached hydrogens (tertiary/aromatic N) is 2. The molecule has 4 rings (SSSR count). The van der Waals surface area contributed by atoms with Crippen LogP contribution in [-0.4, -0.2) is 41.3 Å². The monoisotopic (exact) mass is 423 g/mol. The number of carbonyl (C=O) groups is 1. The predicted molar refractivity (Wildman–Crippen MR) is 107 cm³/mol. The van der Waals surface area contributed by atoms with Crippen molar-refractivity contribution in [2.75, 3.05) is 24.5 Å². The first-order valence-electron chi connectivity index (χ1n) is 10.2. The van der Waals surface area contributed by atoms with E-state index in [4.69, 9.17) is 0 Å². The first-order valence-corrected chi connectivity index (χ1v) is 10.2.